The van der Waals surface area contributed by atoms with E-state index < -0.39 is 0 Å². The molecule has 3 aromatic heterocycles. The van der Waals surface area contributed by atoms with Crippen LogP contribution in [0.5, 0.6) is 0 Å². The van der Waals surface area contributed by atoms with Gasteiger partial charge in [-0.25, -0.2) is 14.6 Å². The smallest absolute Gasteiger partial charge is 0.288 e. The van der Waals surface area contributed by atoms with Gasteiger partial charge in [0.1, 0.15) is 6.20 Å². The summed E-state index contributed by atoms with van der Waals surface area (Å²) in [6.45, 7) is 0.0444. The Morgan fingerprint density at radius 3 is 2.82 bits per heavy atom. The number of hydrogen-bond acceptors (Lipinski definition) is 7. The fraction of sp³-hybridized carbons (Fsp3) is 0.167. The van der Waals surface area contributed by atoms with Crippen molar-refractivity contribution in [2.75, 3.05) is 5.32 Å². The molecular weight excluding hydrogens is 286 g/mol. The lowest BCUT2D eigenvalue weighted by Crippen LogP contribution is -2.43. The number of nitrogens with one attached hydrogen (secondary N) is 1. The van der Waals surface area contributed by atoms with Crippen LogP contribution in [-0.2, 0) is 18.4 Å². The highest BCUT2D eigenvalue weighted by atomic mass is 16.2. The van der Waals surface area contributed by atoms with Crippen LogP contribution in [0.4, 0.5) is 5.95 Å². The van der Waals surface area contributed by atoms with Crippen molar-refractivity contribution in [2.24, 2.45) is 7.05 Å². The second-order valence-corrected chi connectivity index (χ2v) is 4.36. The largest absolute Gasteiger partial charge is 0.295 e. The van der Waals surface area contributed by atoms with Crippen molar-refractivity contribution >= 4 is 11.9 Å². The lowest BCUT2D eigenvalue weighted by atomic mass is 10.3. The van der Waals surface area contributed by atoms with Crippen molar-refractivity contribution in [3.8, 4) is 11.4 Å². The molecule has 3 heterocycles. The molecule has 0 saturated heterocycles. The predicted molar refractivity (Wildman–Crippen MR) is 72.9 cm³/mol. The fourth-order valence-electron chi connectivity index (χ4n) is 1.70. The molecule has 10 nitrogen and oxygen atoms in total. The molecule has 0 aliphatic carbocycles. The van der Waals surface area contributed by atoms with Gasteiger partial charge in [-0.3, -0.25) is 10.1 Å². The molecule has 10 heteroatoms. The molecule has 0 aromatic carbocycles. The minimum Gasteiger partial charge on any atom is -0.288 e. The van der Waals surface area contributed by atoms with E-state index in [0.29, 0.717) is 5.82 Å². The Hall–Kier alpha value is -3.30. The Morgan fingerprint density at radius 2 is 2.18 bits per heavy atom. The standard InChI is InChI=1S/C12H11N9O/c1-20-12(17-18-19-20)16-10(22)8-21-6-3-9(7-15-21)11-13-4-2-5-14-11/h2-7H,8H2,1H3/p+1. The normalized spacial score (nSPS) is 10.4. The van der Waals surface area contributed by atoms with Crippen LogP contribution in [-0.4, -0.2) is 41.2 Å². The van der Waals surface area contributed by atoms with E-state index in [-0.39, 0.29) is 18.4 Å². The Balaban J connectivity index is 1.66. The van der Waals surface area contributed by atoms with E-state index in [4.69, 9.17) is 0 Å². The Bertz CT molecular complexity index is 769. The summed E-state index contributed by atoms with van der Waals surface area (Å²) in [4.78, 5) is 20.2. The maximum Gasteiger partial charge on any atom is 0.295 e. The Labute approximate surface area is 124 Å². The Kier molecular flexibility index (Phi) is 3.72. The van der Waals surface area contributed by atoms with Gasteiger partial charge in [0.25, 0.3) is 12.5 Å². The van der Waals surface area contributed by atoms with Crippen molar-refractivity contribution in [3.05, 3.63) is 36.9 Å². The van der Waals surface area contributed by atoms with Gasteiger partial charge in [0.15, 0.2) is 12.0 Å². The van der Waals surface area contributed by atoms with E-state index in [9.17, 15) is 4.79 Å². The summed E-state index contributed by atoms with van der Waals surface area (Å²) in [5.74, 6) is 0.579. The van der Waals surface area contributed by atoms with Crippen LogP contribution in [0.2, 0.25) is 0 Å². The first kappa shape index (κ1) is 13.7. The van der Waals surface area contributed by atoms with Crippen LogP contribution in [0.15, 0.2) is 36.9 Å². The van der Waals surface area contributed by atoms with Gasteiger partial charge >= 0.3 is 0 Å². The number of aryl methyl sites for hydroxylation is 1. The second kappa shape index (κ2) is 5.99. The first-order valence-corrected chi connectivity index (χ1v) is 6.38. The third-order valence-corrected chi connectivity index (χ3v) is 2.77. The lowest BCUT2D eigenvalue weighted by molar-refractivity contribution is -0.742. The van der Waals surface area contributed by atoms with Crippen LogP contribution in [0.25, 0.3) is 11.4 Å². The third-order valence-electron chi connectivity index (χ3n) is 2.77. The van der Waals surface area contributed by atoms with Gasteiger partial charge in [-0.15, -0.1) is 0 Å². The molecule has 0 aliphatic heterocycles. The highest BCUT2D eigenvalue weighted by molar-refractivity contribution is 5.87. The number of nitrogens with zero attached hydrogens (tertiary/aromatic N) is 8. The molecule has 1 amide bonds. The van der Waals surface area contributed by atoms with E-state index in [0.717, 1.165) is 5.56 Å². The molecule has 0 saturated carbocycles. The van der Waals surface area contributed by atoms with Crippen LogP contribution in [0, 0.1) is 0 Å². The summed E-state index contributed by atoms with van der Waals surface area (Å²) in [6.07, 6.45) is 6.60. The average molecular weight is 298 g/mol. The molecule has 1 N–H and O–H groups in total. The van der Waals surface area contributed by atoms with Crippen LogP contribution in [0.3, 0.4) is 0 Å². The molecular formula is C12H12N9O+. The minimum absolute atomic E-state index is 0.0444. The summed E-state index contributed by atoms with van der Waals surface area (Å²) < 4.78 is 2.86. The maximum absolute atomic E-state index is 11.9. The highest BCUT2D eigenvalue weighted by Gasteiger charge is 2.14. The molecule has 0 fully saturated rings. The summed E-state index contributed by atoms with van der Waals surface area (Å²) in [5.41, 5.74) is 0.773. The average Bonchev–Trinajstić information content (AvgIpc) is 2.94. The van der Waals surface area contributed by atoms with E-state index in [1.54, 1.807) is 44.0 Å². The van der Waals surface area contributed by atoms with Crippen molar-refractivity contribution in [1.82, 2.24) is 35.3 Å². The van der Waals surface area contributed by atoms with Gasteiger partial charge in [-0.05, 0) is 21.6 Å². The SMILES string of the molecule is Cn1nnnc1NC(=O)C[n+]1ccc(-c2ncccn2)cn1. The number of amides is 1. The molecule has 0 bridgehead atoms. The van der Waals surface area contributed by atoms with Crippen molar-refractivity contribution in [3.63, 3.8) is 0 Å². The van der Waals surface area contributed by atoms with Gasteiger partial charge in [0.05, 0.1) is 0 Å². The molecule has 0 unspecified atom stereocenters. The zero-order valence-electron chi connectivity index (χ0n) is 11.7. The van der Waals surface area contributed by atoms with Gasteiger partial charge in [-0.1, -0.05) is 9.78 Å². The van der Waals surface area contributed by atoms with E-state index in [1.807, 2.05) is 0 Å². The molecule has 0 aliphatic rings. The fourth-order valence-corrected chi connectivity index (χ4v) is 1.70. The predicted octanol–water partition coefficient (Wildman–Crippen LogP) is -1.01. The van der Waals surface area contributed by atoms with E-state index >= 15 is 0 Å². The van der Waals surface area contributed by atoms with E-state index in [1.165, 1.54) is 9.36 Å². The van der Waals surface area contributed by atoms with Gasteiger partial charge in [0, 0.05) is 31.1 Å². The van der Waals surface area contributed by atoms with Crippen molar-refractivity contribution < 1.29 is 9.48 Å². The first-order valence-electron chi connectivity index (χ1n) is 6.38. The zero-order chi connectivity index (χ0) is 15.4. The Morgan fingerprint density at radius 1 is 1.36 bits per heavy atom. The summed E-state index contributed by atoms with van der Waals surface area (Å²) in [5, 5.41) is 17.5. The molecule has 3 rings (SSSR count). The van der Waals surface area contributed by atoms with Crippen LogP contribution < -0.4 is 10.00 Å². The van der Waals surface area contributed by atoms with Crippen molar-refractivity contribution in [2.45, 2.75) is 6.54 Å². The lowest BCUT2D eigenvalue weighted by Gasteiger charge is -2.00. The summed E-state index contributed by atoms with van der Waals surface area (Å²) in [6, 6.07) is 3.53. The first-order chi connectivity index (χ1) is 10.7. The number of anilines is 1. The quantitative estimate of drug-likeness (QED) is 0.613. The van der Waals surface area contributed by atoms with Gasteiger partial charge < -0.3 is 0 Å². The number of aromatic nitrogens is 8. The summed E-state index contributed by atoms with van der Waals surface area (Å²) in [7, 11) is 1.63. The van der Waals surface area contributed by atoms with Gasteiger partial charge in [0.2, 0.25) is 5.95 Å². The number of tetrazole rings is 1. The number of hydrogen-bond donors (Lipinski definition) is 1. The monoisotopic (exact) mass is 298 g/mol. The molecule has 0 atom stereocenters. The molecule has 110 valence electrons. The molecule has 0 spiro atoms. The number of carbonyl (C=O) groups excluding carboxylic acids is 1. The number of rotatable bonds is 4. The topological polar surface area (TPSA) is 115 Å². The van der Waals surface area contributed by atoms with Gasteiger partial charge in [-0.2, -0.15) is 0 Å². The zero-order valence-corrected chi connectivity index (χ0v) is 11.7. The molecule has 3 aromatic rings. The van der Waals surface area contributed by atoms with Crippen molar-refractivity contribution in [1.29, 1.82) is 0 Å². The molecule has 22 heavy (non-hydrogen) atoms. The summed E-state index contributed by atoms with van der Waals surface area (Å²) >= 11 is 0. The molecule has 0 radical (unpaired) electrons. The van der Waals surface area contributed by atoms with Crippen LogP contribution in [0.1, 0.15) is 0 Å². The highest BCUT2D eigenvalue weighted by Crippen LogP contribution is 2.09. The minimum atomic E-state index is -0.279. The second-order valence-electron chi connectivity index (χ2n) is 4.36. The van der Waals surface area contributed by atoms with Crippen LogP contribution >= 0.6 is 0 Å². The number of carbonyl (C=O) groups is 1. The maximum atomic E-state index is 11.9. The van der Waals surface area contributed by atoms with E-state index in [2.05, 4.69) is 35.9 Å². The third kappa shape index (κ3) is 3.06.